The van der Waals surface area contributed by atoms with E-state index in [0.29, 0.717) is 6.08 Å². The van der Waals surface area contributed by atoms with E-state index in [4.69, 9.17) is 20.9 Å². The van der Waals surface area contributed by atoms with E-state index in [1.54, 1.807) is 0 Å². The Hall–Kier alpha value is -3.75. The van der Waals surface area contributed by atoms with E-state index in [-0.39, 0.29) is 40.0 Å². The maximum atomic E-state index is 12.5. The molecule has 12 N–H and O–H groups in total. The molecule has 11 atom stereocenters. The van der Waals surface area contributed by atoms with Crippen LogP contribution in [0.1, 0.15) is 12.5 Å². The maximum absolute atomic E-state index is 12.5. The van der Waals surface area contributed by atoms with Gasteiger partial charge in [-0.3, -0.25) is 33.2 Å². The van der Waals surface area contributed by atoms with Crippen LogP contribution in [0.2, 0.25) is 0 Å². The minimum atomic E-state index is -5.99. The molecule has 284 valence electrons. The van der Waals surface area contributed by atoms with Crippen molar-refractivity contribution >= 4 is 57.5 Å². The number of nitrogens with zero attached hydrogens (tertiary/aromatic N) is 6. The lowest BCUT2D eigenvalue weighted by Gasteiger charge is -2.24. The number of aromatic amines is 2. The van der Waals surface area contributed by atoms with Gasteiger partial charge in [-0.1, -0.05) is 4.98 Å². The molecule has 2 aliphatic rings. The third kappa shape index (κ3) is 7.38. The number of phosphoric acid groups is 2. The molecule has 2 aliphatic heterocycles. The average Bonchev–Trinajstić information content (AvgIpc) is 3.74. The molecule has 5 unspecified atom stereocenters. The van der Waals surface area contributed by atoms with Gasteiger partial charge in [0.1, 0.15) is 36.6 Å². The molecule has 27 nitrogen and oxygen atoms in total. The van der Waals surface area contributed by atoms with Gasteiger partial charge in [-0.15, -0.1) is 0 Å². The Morgan fingerprint density at radius 1 is 0.981 bits per heavy atom. The first-order chi connectivity index (χ1) is 24.2. The molecule has 6 heterocycles. The van der Waals surface area contributed by atoms with Crippen LogP contribution in [0.4, 0.5) is 11.9 Å². The maximum Gasteiger partial charge on any atom is 0.486 e. The van der Waals surface area contributed by atoms with Gasteiger partial charge in [-0.25, -0.2) is 23.0 Å². The monoisotopic (exact) mass is 798 g/mol. The smallest absolute Gasteiger partial charge is 0.486 e. The molecular weight excluding hydrogens is 769 g/mol. The Labute approximate surface area is 287 Å². The van der Waals surface area contributed by atoms with Crippen molar-refractivity contribution in [2.24, 2.45) is 7.05 Å². The predicted octanol–water partition coefficient (Wildman–Crippen LogP) is -4.60. The molecule has 30 heteroatoms. The van der Waals surface area contributed by atoms with E-state index < -0.39 is 90.0 Å². The van der Waals surface area contributed by atoms with E-state index in [1.165, 1.54) is 17.9 Å². The second-order valence-electron chi connectivity index (χ2n) is 11.3. The van der Waals surface area contributed by atoms with E-state index in [9.17, 15) is 58.4 Å². The summed E-state index contributed by atoms with van der Waals surface area (Å²) in [7, 11) is -15.8. The standard InChI is InChI=1S/C22H29N10O17P3/c1-30-6-32(16-10(30)18(38)29-22(24)27-16)20-13(35)11(33)7(46-20)2-3-50(39,40)48-52(43,44)49-51(41,42)45-4-8-12(34)14(36)19(47-8)31-5-25-9-15(31)26-21(23)28-17(9)37/h2-3,5-8,11-14,19-20,33-36H,4H2,1H3,(H8-,23,24,26,27,28,29,37,38,39,40,41,42,43,44)/b3-2+/t7-,8-,11?,12?,13+,14+,19-,20-/m1/s1. The van der Waals surface area contributed by atoms with Crippen LogP contribution in [0.15, 0.2) is 34.1 Å². The number of rotatable bonds is 11. The zero-order valence-corrected chi connectivity index (χ0v) is 28.7. The van der Waals surface area contributed by atoms with Crippen molar-refractivity contribution in [1.29, 1.82) is 0 Å². The number of hydrogen-bond donors (Lipinski definition) is 10. The number of fused-ring (bicyclic) bond motifs is 2. The summed E-state index contributed by atoms with van der Waals surface area (Å²) in [5, 5.41) is 42.1. The first kappa shape index (κ1) is 38.0. The lowest BCUT2D eigenvalue weighted by atomic mass is 10.1. The summed E-state index contributed by atoms with van der Waals surface area (Å²) < 4.78 is 64.6. The third-order valence-corrected chi connectivity index (χ3v) is 12.1. The van der Waals surface area contributed by atoms with E-state index >= 15 is 0 Å². The Bertz CT molecular complexity index is 2330. The zero-order valence-electron chi connectivity index (χ0n) is 26.0. The van der Waals surface area contributed by atoms with Crippen LogP contribution in [0, 0.1) is 0 Å². The number of anilines is 2. The van der Waals surface area contributed by atoms with E-state index in [1.807, 2.05) is 0 Å². The number of phosphoric ester groups is 1. The van der Waals surface area contributed by atoms with Crippen molar-refractivity contribution in [2.75, 3.05) is 18.1 Å². The minimum absolute atomic E-state index is 0.0131. The number of nitrogens with two attached hydrogens (primary N) is 2. The molecule has 0 radical (unpaired) electrons. The fourth-order valence-electron chi connectivity index (χ4n) is 5.45. The van der Waals surface area contributed by atoms with Crippen molar-refractivity contribution in [3.63, 3.8) is 0 Å². The molecule has 4 aromatic rings. The van der Waals surface area contributed by atoms with Gasteiger partial charge in [-0.05, 0) is 11.9 Å². The number of aliphatic hydroxyl groups excluding tert-OH is 4. The summed E-state index contributed by atoms with van der Waals surface area (Å²) in [6.07, 6.45) is -10.3. The molecule has 52 heavy (non-hydrogen) atoms. The average molecular weight is 798 g/mol. The molecule has 0 spiro atoms. The third-order valence-electron chi connectivity index (χ3n) is 7.68. The summed E-state index contributed by atoms with van der Waals surface area (Å²) >= 11 is 0. The van der Waals surface area contributed by atoms with Crippen LogP contribution < -0.4 is 32.0 Å². The van der Waals surface area contributed by atoms with Crippen molar-refractivity contribution < 1.29 is 76.0 Å². The number of aryl methyl sites for hydroxylation is 1. The number of aliphatic hydroxyl groups is 4. The second-order valence-corrected chi connectivity index (χ2v) is 16.1. The molecule has 6 rings (SSSR count). The SMILES string of the molecule is Cn1c[n+]([C@@H]2O[C@H](/C=C/P(=O)([O-])OP(=O)(O)OP(=O)(O)OC[C@H]3O[C@@H](n4cnc5c(=O)[nH]c(N)nc54)[C@@H](O)C3O)C(O)[C@@H]2O)c2nc(N)[nH]c(=O)c21. The van der Waals surface area contributed by atoms with Crippen LogP contribution in [0.25, 0.3) is 22.3 Å². The Balaban J connectivity index is 1.08. The molecular formula is C22H29N10O17P3. The van der Waals surface area contributed by atoms with Crippen LogP contribution in [0.3, 0.4) is 0 Å². The highest BCUT2D eigenvalue weighted by Gasteiger charge is 2.48. The number of imidazole rings is 2. The fourth-order valence-corrected chi connectivity index (χ4v) is 9.16. The van der Waals surface area contributed by atoms with Crippen molar-refractivity contribution in [2.45, 2.75) is 49.1 Å². The summed E-state index contributed by atoms with van der Waals surface area (Å²) in [6, 6.07) is 0. The molecule has 2 saturated heterocycles. The van der Waals surface area contributed by atoms with Crippen LogP contribution >= 0.6 is 23.2 Å². The Kier molecular flexibility index (Phi) is 9.93. The largest absolute Gasteiger partial charge is 0.775 e. The summed E-state index contributed by atoms with van der Waals surface area (Å²) in [4.78, 5) is 73.1. The van der Waals surface area contributed by atoms with Crippen LogP contribution in [-0.4, -0.2) is 107 Å². The molecule has 0 saturated carbocycles. The lowest BCUT2D eigenvalue weighted by Crippen LogP contribution is -2.46. The first-order valence-electron chi connectivity index (χ1n) is 14.4. The molecule has 0 bridgehead atoms. The van der Waals surface area contributed by atoms with Crippen molar-refractivity contribution in [3.8, 4) is 0 Å². The highest BCUT2D eigenvalue weighted by molar-refractivity contribution is 7.69. The minimum Gasteiger partial charge on any atom is -0.775 e. The molecule has 0 amide bonds. The number of aromatic nitrogens is 8. The number of nitrogens with one attached hydrogen (secondary N) is 2. The highest BCUT2D eigenvalue weighted by Crippen LogP contribution is 2.66. The first-order valence-corrected chi connectivity index (χ1v) is 19.0. The molecule has 0 aromatic carbocycles. The number of H-pyrrole nitrogens is 2. The summed E-state index contributed by atoms with van der Waals surface area (Å²) in [5.41, 5.74) is 9.39. The topological polar surface area (TPSA) is 412 Å². The van der Waals surface area contributed by atoms with Crippen LogP contribution in [-0.2, 0) is 43.4 Å². The van der Waals surface area contributed by atoms with Crippen LogP contribution in [0.5, 0.6) is 0 Å². The quantitative estimate of drug-likeness (QED) is 0.0504. The van der Waals surface area contributed by atoms with E-state index in [2.05, 4.69) is 38.1 Å². The molecule has 4 aromatic heterocycles. The van der Waals surface area contributed by atoms with Gasteiger partial charge in [0, 0.05) is 0 Å². The lowest BCUT2D eigenvalue weighted by molar-refractivity contribution is -0.745. The Morgan fingerprint density at radius 3 is 2.37 bits per heavy atom. The highest BCUT2D eigenvalue weighted by atomic mass is 31.3. The van der Waals surface area contributed by atoms with Gasteiger partial charge in [0.25, 0.3) is 17.1 Å². The van der Waals surface area contributed by atoms with Gasteiger partial charge in [-0.2, -0.15) is 9.29 Å². The second kappa shape index (κ2) is 13.6. The summed E-state index contributed by atoms with van der Waals surface area (Å²) in [5.74, 6) is -0.434. The predicted molar refractivity (Wildman–Crippen MR) is 165 cm³/mol. The number of hydrogen-bond acceptors (Lipinski definition) is 20. The normalized spacial score (nSPS) is 30.2. The molecule has 2 fully saturated rings. The summed E-state index contributed by atoms with van der Waals surface area (Å²) in [6.45, 7) is -1.09. The number of ether oxygens (including phenoxy) is 2. The van der Waals surface area contributed by atoms with E-state index in [0.717, 1.165) is 15.5 Å². The van der Waals surface area contributed by atoms with Gasteiger partial charge in [0.2, 0.25) is 17.7 Å². The van der Waals surface area contributed by atoms with Crippen molar-refractivity contribution in [1.82, 2.24) is 34.1 Å². The van der Waals surface area contributed by atoms with Crippen molar-refractivity contribution in [3.05, 3.63) is 45.3 Å². The zero-order chi connectivity index (χ0) is 38.1. The fraction of sp³-hybridized carbons (Fsp3) is 0.455. The van der Waals surface area contributed by atoms with Gasteiger partial charge < -0.3 is 60.6 Å². The number of nitrogen functional groups attached to an aromatic ring is 2. The van der Waals surface area contributed by atoms with Gasteiger partial charge >= 0.3 is 21.3 Å². The van der Waals surface area contributed by atoms with Gasteiger partial charge in [0.15, 0.2) is 31.3 Å². The van der Waals surface area contributed by atoms with Gasteiger partial charge in [0.05, 0.1) is 20.0 Å². The molecule has 0 aliphatic carbocycles. The Morgan fingerprint density at radius 2 is 1.65 bits per heavy atom.